The number of carbonyl (C=O) groups excluding carboxylic acids is 1. The van der Waals surface area contributed by atoms with E-state index in [2.05, 4.69) is 0 Å². The summed E-state index contributed by atoms with van der Waals surface area (Å²) in [6.07, 6.45) is 4.99. The first-order valence-electron chi connectivity index (χ1n) is 7.30. The number of rotatable bonds is 6. The zero-order chi connectivity index (χ0) is 15.5. The van der Waals surface area contributed by atoms with Crippen molar-refractivity contribution in [1.29, 1.82) is 0 Å². The van der Waals surface area contributed by atoms with E-state index in [0.29, 0.717) is 19.7 Å². The number of ether oxygens (including phenoxy) is 1. The number of esters is 1. The molecule has 0 N–H and O–H groups in total. The predicted molar refractivity (Wildman–Crippen MR) is 78.6 cm³/mol. The summed E-state index contributed by atoms with van der Waals surface area (Å²) in [6.45, 7) is 3.47. The number of carbonyl (C=O) groups is 1. The molecule has 1 saturated heterocycles. The summed E-state index contributed by atoms with van der Waals surface area (Å²) in [5.41, 5.74) is 0.267. The fourth-order valence-corrected chi connectivity index (χ4v) is 3.93. The molecule has 6 nitrogen and oxygen atoms in total. The molecule has 0 aliphatic carbocycles. The molecule has 0 bridgehead atoms. The lowest BCUT2D eigenvalue weighted by Gasteiger charge is -2.13. The van der Waals surface area contributed by atoms with Crippen LogP contribution in [-0.2, 0) is 21.8 Å². The monoisotopic (exact) mass is 314 g/mol. The highest BCUT2D eigenvalue weighted by molar-refractivity contribution is 7.89. The van der Waals surface area contributed by atoms with Crippen LogP contribution in [0.3, 0.4) is 0 Å². The summed E-state index contributed by atoms with van der Waals surface area (Å²) in [7, 11) is -1.84. The van der Waals surface area contributed by atoms with Crippen molar-refractivity contribution in [3.8, 4) is 0 Å². The average Bonchev–Trinajstić information content (AvgIpc) is 3.08. The van der Waals surface area contributed by atoms with Gasteiger partial charge in [0, 0.05) is 26.3 Å². The second kappa shape index (κ2) is 6.62. The van der Waals surface area contributed by atoms with Crippen molar-refractivity contribution in [3.05, 3.63) is 18.0 Å². The maximum Gasteiger partial charge on any atom is 0.354 e. The Kier molecular flexibility index (Phi) is 5.05. The smallest absolute Gasteiger partial charge is 0.354 e. The van der Waals surface area contributed by atoms with Crippen LogP contribution in [0.15, 0.2) is 17.2 Å². The number of aryl methyl sites for hydroxylation is 1. The van der Waals surface area contributed by atoms with Gasteiger partial charge in [-0.15, -0.1) is 0 Å². The largest absolute Gasteiger partial charge is 0.461 e. The van der Waals surface area contributed by atoms with Crippen LogP contribution >= 0.6 is 0 Å². The van der Waals surface area contributed by atoms with Gasteiger partial charge >= 0.3 is 5.97 Å². The molecule has 7 heteroatoms. The summed E-state index contributed by atoms with van der Waals surface area (Å²) < 4.78 is 33.0. The molecule has 0 unspecified atom stereocenters. The van der Waals surface area contributed by atoms with Gasteiger partial charge in [0.2, 0.25) is 10.0 Å². The number of sulfonamides is 1. The fraction of sp³-hybridized carbons (Fsp3) is 0.643. The molecule has 1 aromatic heterocycles. The van der Waals surface area contributed by atoms with E-state index in [0.717, 1.165) is 25.7 Å². The predicted octanol–water partition coefficient (Wildman–Crippen LogP) is 1.77. The zero-order valence-electron chi connectivity index (χ0n) is 12.5. The third kappa shape index (κ3) is 3.47. The van der Waals surface area contributed by atoms with Gasteiger partial charge in [0.15, 0.2) is 0 Å². The molecule has 0 spiro atoms. The second-order valence-electron chi connectivity index (χ2n) is 5.27. The standard InChI is InChI=1S/C14H22N2O4S/c1-3-4-9-20-14(17)13-10-12(11-15(13)2)21(18,19)16-7-5-6-8-16/h10-11H,3-9H2,1-2H3. The Morgan fingerprint density at radius 3 is 2.62 bits per heavy atom. The van der Waals surface area contributed by atoms with Gasteiger partial charge in [0.25, 0.3) is 0 Å². The van der Waals surface area contributed by atoms with Gasteiger partial charge in [-0.3, -0.25) is 0 Å². The highest BCUT2D eigenvalue weighted by Gasteiger charge is 2.29. The van der Waals surface area contributed by atoms with Crippen LogP contribution in [0.4, 0.5) is 0 Å². The SMILES string of the molecule is CCCCOC(=O)c1cc(S(=O)(=O)N2CCCC2)cn1C. The molecule has 21 heavy (non-hydrogen) atoms. The number of nitrogens with zero attached hydrogens (tertiary/aromatic N) is 2. The molecule has 2 heterocycles. The van der Waals surface area contributed by atoms with Crippen LogP contribution in [0, 0.1) is 0 Å². The first-order chi connectivity index (χ1) is 9.96. The van der Waals surface area contributed by atoms with Gasteiger partial charge in [-0.25, -0.2) is 13.2 Å². The van der Waals surface area contributed by atoms with Crippen LogP contribution in [0.1, 0.15) is 43.1 Å². The Bertz CT molecular complexity index is 600. The maximum atomic E-state index is 12.4. The molecule has 1 aliphatic rings. The van der Waals surface area contributed by atoms with Crippen LogP contribution < -0.4 is 0 Å². The Hall–Kier alpha value is -1.34. The van der Waals surface area contributed by atoms with E-state index in [4.69, 9.17) is 4.74 Å². The Morgan fingerprint density at radius 1 is 1.33 bits per heavy atom. The van der Waals surface area contributed by atoms with Crippen molar-refractivity contribution < 1.29 is 17.9 Å². The number of hydrogen-bond acceptors (Lipinski definition) is 4. The third-order valence-corrected chi connectivity index (χ3v) is 5.49. The number of hydrogen-bond donors (Lipinski definition) is 0. The lowest BCUT2D eigenvalue weighted by atomic mass is 10.3. The van der Waals surface area contributed by atoms with E-state index < -0.39 is 16.0 Å². The first-order valence-corrected chi connectivity index (χ1v) is 8.74. The van der Waals surface area contributed by atoms with Crippen LogP contribution in [0.5, 0.6) is 0 Å². The average molecular weight is 314 g/mol. The van der Waals surface area contributed by atoms with E-state index in [-0.39, 0.29) is 10.6 Å². The molecular formula is C14H22N2O4S. The van der Waals surface area contributed by atoms with E-state index in [1.165, 1.54) is 21.1 Å². The summed E-state index contributed by atoms with van der Waals surface area (Å²) in [5, 5.41) is 0. The Labute approximate surface area is 125 Å². The van der Waals surface area contributed by atoms with Gasteiger partial charge in [0.05, 0.1) is 6.61 Å². The molecule has 1 fully saturated rings. The number of aromatic nitrogens is 1. The molecule has 2 rings (SSSR count). The molecule has 118 valence electrons. The van der Waals surface area contributed by atoms with Crippen molar-refractivity contribution in [3.63, 3.8) is 0 Å². The summed E-state index contributed by atoms with van der Waals surface area (Å²) in [5.74, 6) is -0.478. The van der Waals surface area contributed by atoms with Crippen LogP contribution in [-0.4, -0.2) is 43.0 Å². The topological polar surface area (TPSA) is 68.6 Å². The molecule has 0 aromatic carbocycles. The molecule has 0 amide bonds. The van der Waals surface area contributed by atoms with Gasteiger partial charge in [-0.1, -0.05) is 13.3 Å². The highest BCUT2D eigenvalue weighted by atomic mass is 32.2. The van der Waals surface area contributed by atoms with Crippen molar-refractivity contribution in [2.45, 2.75) is 37.5 Å². The van der Waals surface area contributed by atoms with E-state index in [1.54, 1.807) is 7.05 Å². The second-order valence-corrected chi connectivity index (χ2v) is 7.21. The molecule has 1 aliphatic heterocycles. The van der Waals surface area contributed by atoms with Crippen molar-refractivity contribution >= 4 is 16.0 Å². The van der Waals surface area contributed by atoms with Crippen molar-refractivity contribution in [2.24, 2.45) is 7.05 Å². The van der Waals surface area contributed by atoms with Crippen LogP contribution in [0.25, 0.3) is 0 Å². The zero-order valence-corrected chi connectivity index (χ0v) is 13.4. The fourth-order valence-electron chi connectivity index (χ4n) is 2.34. The summed E-state index contributed by atoms with van der Waals surface area (Å²) in [4.78, 5) is 12.1. The quantitative estimate of drug-likeness (QED) is 0.593. The van der Waals surface area contributed by atoms with E-state index in [9.17, 15) is 13.2 Å². The van der Waals surface area contributed by atoms with Crippen molar-refractivity contribution in [2.75, 3.05) is 19.7 Å². The number of unbranched alkanes of at least 4 members (excludes halogenated alkanes) is 1. The third-order valence-electron chi connectivity index (χ3n) is 3.62. The summed E-state index contributed by atoms with van der Waals surface area (Å²) >= 11 is 0. The van der Waals surface area contributed by atoms with Gasteiger partial charge in [-0.05, 0) is 25.3 Å². The molecule has 0 atom stereocenters. The minimum absolute atomic E-state index is 0.161. The first kappa shape index (κ1) is 16.0. The van der Waals surface area contributed by atoms with E-state index >= 15 is 0 Å². The normalized spacial score (nSPS) is 16.3. The summed E-state index contributed by atoms with van der Waals surface area (Å²) in [6, 6.07) is 1.40. The van der Waals surface area contributed by atoms with Gasteiger partial charge < -0.3 is 9.30 Å². The van der Waals surface area contributed by atoms with Gasteiger partial charge in [-0.2, -0.15) is 4.31 Å². The molecule has 0 radical (unpaired) electrons. The maximum absolute atomic E-state index is 12.4. The molecule has 1 aromatic rings. The van der Waals surface area contributed by atoms with Crippen LogP contribution in [0.2, 0.25) is 0 Å². The Balaban J connectivity index is 2.16. The van der Waals surface area contributed by atoms with Crippen molar-refractivity contribution in [1.82, 2.24) is 8.87 Å². The minimum atomic E-state index is -3.49. The lowest BCUT2D eigenvalue weighted by Crippen LogP contribution is -2.27. The molecular weight excluding hydrogens is 292 g/mol. The Morgan fingerprint density at radius 2 is 2.00 bits per heavy atom. The van der Waals surface area contributed by atoms with E-state index in [1.807, 2.05) is 6.92 Å². The highest BCUT2D eigenvalue weighted by Crippen LogP contribution is 2.22. The molecule has 0 saturated carbocycles. The lowest BCUT2D eigenvalue weighted by molar-refractivity contribution is 0.0488. The van der Waals surface area contributed by atoms with Gasteiger partial charge in [0.1, 0.15) is 10.6 Å². The minimum Gasteiger partial charge on any atom is -0.461 e.